The van der Waals surface area contributed by atoms with Gasteiger partial charge < -0.3 is 13.6 Å². The molecular formula is C25H25N3O6S2. The van der Waals surface area contributed by atoms with E-state index >= 15 is 0 Å². The van der Waals surface area contributed by atoms with Gasteiger partial charge in [-0.25, -0.2) is 13.2 Å². The van der Waals surface area contributed by atoms with Crippen LogP contribution in [0.25, 0.3) is 22.4 Å². The number of fused-ring (bicyclic) bond motifs is 1. The fourth-order valence-corrected chi connectivity index (χ4v) is 6.52. The second kappa shape index (κ2) is 10.5. The van der Waals surface area contributed by atoms with Crippen LogP contribution in [0.5, 0.6) is 0 Å². The number of carbonyl (C=O) groups is 1. The van der Waals surface area contributed by atoms with Crippen LogP contribution in [0.2, 0.25) is 0 Å². The molecule has 1 fully saturated rings. The average Bonchev–Trinajstić information content (AvgIpc) is 3.53. The Kier molecular flexibility index (Phi) is 7.13. The summed E-state index contributed by atoms with van der Waals surface area (Å²) in [5, 5.41) is 9.31. The van der Waals surface area contributed by atoms with Crippen molar-refractivity contribution in [3.05, 3.63) is 59.9 Å². The third kappa shape index (κ3) is 4.91. The van der Waals surface area contributed by atoms with Crippen LogP contribution in [0.3, 0.4) is 0 Å². The lowest BCUT2D eigenvalue weighted by atomic mass is 10.1. The van der Waals surface area contributed by atoms with Crippen molar-refractivity contribution in [2.75, 3.05) is 19.7 Å². The summed E-state index contributed by atoms with van der Waals surface area (Å²) >= 11 is 1.26. The first-order chi connectivity index (χ1) is 17.5. The monoisotopic (exact) mass is 527 g/mol. The summed E-state index contributed by atoms with van der Waals surface area (Å²) in [5.74, 6) is 0.190. The van der Waals surface area contributed by atoms with Gasteiger partial charge in [0.05, 0.1) is 11.5 Å². The van der Waals surface area contributed by atoms with Crippen LogP contribution in [0, 0.1) is 0 Å². The summed E-state index contributed by atoms with van der Waals surface area (Å²) in [6.45, 7) is 3.04. The van der Waals surface area contributed by atoms with Crippen LogP contribution in [-0.4, -0.2) is 48.6 Å². The molecule has 2 aromatic heterocycles. The molecule has 2 aromatic carbocycles. The first-order valence-corrected chi connectivity index (χ1v) is 14.1. The normalized spacial score (nSPS) is 14.8. The number of piperidine rings is 1. The zero-order chi connectivity index (χ0) is 25.1. The van der Waals surface area contributed by atoms with E-state index in [-0.39, 0.29) is 28.4 Å². The number of rotatable bonds is 8. The number of furan rings is 1. The smallest absolute Gasteiger partial charge is 0.374 e. The first-order valence-electron chi connectivity index (χ1n) is 11.7. The van der Waals surface area contributed by atoms with Crippen molar-refractivity contribution in [2.24, 2.45) is 0 Å². The second-order valence-corrected chi connectivity index (χ2v) is 11.1. The highest BCUT2D eigenvalue weighted by atomic mass is 32.2. The van der Waals surface area contributed by atoms with Crippen molar-refractivity contribution in [3.8, 4) is 11.5 Å². The zero-order valence-electron chi connectivity index (χ0n) is 19.7. The van der Waals surface area contributed by atoms with Crippen LogP contribution in [0.1, 0.15) is 42.3 Å². The molecule has 36 heavy (non-hydrogen) atoms. The van der Waals surface area contributed by atoms with Crippen molar-refractivity contribution in [3.63, 3.8) is 0 Å². The number of hydrogen-bond acceptors (Lipinski definition) is 9. The highest BCUT2D eigenvalue weighted by Gasteiger charge is 2.27. The van der Waals surface area contributed by atoms with Crippen molar-refractivity contribution in [2.45, 2.75) is 42.1 Å². The first kappa shape index (κ1) is 24.5. The largest absolute Gasteiger partial charge is 0.460 e. The zero-order valence-corrected chi connectivity index (χ0v) is 21.3. The summed E-state index contributed by atoms with van der Waals surface area (Å²) < 4.78 is 44.4. The number of aromatic nitrogens is 2. The minimum Gasteiger partial charge on any atom is -0.460 e. The molecule has 11 heteroatoms. The number of benzene rings is 2. The molecule has 9 nitrogen and oxygen atoms in total. The van der Waals surface area contributed by atoms with Gasteiger partial charge in [-0.05, 0) is 44.0 Å². The fraction of sp³-hybridized carbons (Fsp3) is 0.320. The minimum absolute atomic E-state index is 0.154. The molecule has 0 aliphatic carbocycles. The molecule has 0 saturated carbocycles. The van der Waals surface area contributed by atoms with Gasteiger partial charge in [-0.15, -0.1) is 10.2 Å². The van der Waals surface area contributed by atoms with Crippen molar-refractivity contribution < 1.29 is 26.8 Å². The van der Waals surface area contributed by atoms with E-state index in [0.29, 0.717) is 35.6 Å². The van der Waals surface area contributed by atoms with Gasteiger partial charge in [0.25, 0.3) is 5.22 Å². The molecule has 188 valence electrons. The van der Waals surface area contributed by atoms with Gasteiger partial charge in [0, 0.05) is 35.4 Å². The van der Waals surface area contributed by atoms with Gasteiger partial charge in [0.15, 0.2) is 0 Å². The van der Waals surface area contributed by atoms with E-state index in [0.717, 1.165) is 24.6 Å². The van der Waals surface area contributed by atoms with E-state index in [1.807, 2.05) is 18.2 Å². The van der Waals surface area contributed by atoms with Crippen LogP contribution < -0.4 is 0 Å². The molecule has 3 heterocycles. The number of esters is 1. The maximum atomic E-state index is 13.1. The summed E-state index contributed by atoms with van der Waals surface area (Å²) in [7, 11) is -3.58. The topological polar surface area (TPSA) is 116 Å². The fourth-order valence-electron chi connectivity index (χ4n) is 4.17. The van der Waals surface area contributed by atoms with Gasteiger partial charge in [-0.1, -0.05) is 42.4 Å². The highest BCUT2D eigenvalue weighted by Crippen LogP contribution is 2.33. The van der Waals surface area contributed by atoms with Crippen molar-refractivity contribution in [1.82, 2.24) is 14.5 Å². The molecule has 5 rings (SSSR count). The predicted molar refractivity (Wildman–Crippen MR) is 134 cm³/mol. The highest BCUT2D eigenvalue weighted by molar-refractivity contribution is 7.98. The van der Waals surface area contributed by atoms with Gasteiger partial charge in [0.1, 0.15) is 5.58 Å². The van der Waals surface area contributed by atoms with E-state index in [2.05, 4.69) is 10.2 Å². The summed E-state index contributed by atoms with van der Waals surface area (Å²) in [5.41, 5.74) is 1.80. The number of carbonyl (C=O) groups excluding carboxylic acids is 1. The number of sulfonamides is 1. The summed E-state index contributed by atoms with van der Waals surface area (Å²) in [6.07, 6.45) is 2.78. The third-order valence-corrected chi connectivity index (χ3v) is 8.68. The molecule has 1 saturated heterocycles. The molecule has 0 radical (unpaired) electrons. The number of ether oxygens (including phenoxy) is 1. The Hall–Kier alpha value is -3.15. The summed E-state index contributed by atoms with van der Waals surface area (Å²) in [4.78, 5) is 12.6. The van der Waals surface area contributed by atoms with Crippen molar-refractivity contribution in [1.29, 1.82) is 0 Å². The quantitative estimate of drug-likeness (QED) is 0.227. The molecule has 0 unspecified atom stereocenters. The Labute approximate surface area is 212 Å². The third-order valence-electron chi connectivity index (χ3n) is 5.94. The van der Waals surface area contributed by atoms with Crippen molar-refractivity contribution >= 4 is 38.7 Å². The molecule has 0 amide bonds. The van der Waals surface area contributed by atoms with Crippen LogP contribution >= 0.6 is 11.8 Å². The molecule has 4 aromatic rings. The van der Waals surface area contributed by atoms with Crippen LogP contribution in [0.15, 0.2) is 67.5 Å². The Bertz CT molecular complexity index is 1490. The maximum absolute atomic E-state index is 13.1. The Morgan fingerprint density at radius 3 is 2.67 bits per heavy atom. The maximum Gasteiger partial charge on any atom is 0.374 e. The van der Waals surface area contributed by atoms with Gasteiger partial charge >= 0.3 is 5.97 Å². The average molecular weight is 528 g/mol. The molecule has 0 atom stereocenters. The van der Waals surface area contributed by atoms with Gasteiger partial charge in [-0.3, -0.25) is 0 Å². The lowest BCUT2D eigenvalue weighted by Gasteiger charge is -2.25. The Morgan fingerprint density at radius 2 is 1.86 bits per heavy atom. The number of hydrogen-bond donors (Lipinski definition) is 0. The number of nitrogens with zero attached hydrogens (tertiary/aromatic N) is 3. The molecule has 0 bridgehead atoms. The van der Waals surface area contributed by atoms with Gasteiger partial charge in [-0.2, -0.15) is 4.31 Å². The van der Waals surface area contributed by atoms with E-state index in [1.54, 1.807) is 37.3 Å². The Morgan fingerprint density at radius 1 is 1.06 bits per heavy atom. The van der Waals surface area contributed by atoms with E-state index in [4.69, 9.17) is 13.6 Å². The second-order valence-electron chi connectivity index (χ2n) is 8.28. The lowest BCUT2D eigenvalue weighted by molar-refractivity contribution is 0.0491. The molecular weight excluding hydrogens is 502 g/mol. The minimum atomic E-state index is -3.58. The molecule has 1 aliphatic rings. The molecule has 0 spiro atoms. The SMILES string of the molecule is CCOC(=O)c1oc2ccccc2c1CSc1nnc(-c2cccc(S(=O)(=O)N3CCCCC3)c2)o1. The van der Waals surface area contributed by atoms with E-state index in [1.165, 1.54) is 16.1 Å². The van der Waals surface area contributed by atoms with E-state index < -0.39 is 16.0 Å². The predicted octanol–water partition coefficient (Wildman–Crippen LogP) is 5.13. The number of para-hydroxylation sites is 1. The van der Waals surface area contributed by atoms with Gasteiger partial charge in [0.2, 0.25) is 21.7 Å². The molecule has 1 aliphatic heterocycles. The van der Waals surface area contributed by atoms with Crippen LogP contribution in [0.4, 0.5) is 0 Å². The lowest BCUT2D eigenvalue weighted by Crippen LogP contribution is -2.35. The summed E-state index contributed by atoms with van der Waals surface area (Å²) in [6, 6.07) is 13.9. The Balaban J connectivity index is 1.36. The number of thioether (sulfide) groups is 1. The molecule has 0 N–H and O–H groups in total. The van der Waals surface area contributed by atoms with Crippen LogP contribution in [-0.2, 0) is 20.5 Å². The van der Waals surface area contributed by atoms with E-state index in [9.17, 15) is 13.2 Å². The standard InChI is InChI=1S/C25H25N3O6S2/c1-2-32-24(29)22-20(19-11-4-5-12-21(19)33-22)16-35-25-27-26-23(34-25)17-9-8-10-18(15-17)36(30,31)28-13-6-3-7-14-28/h4-5,8-12,15H,2-3,6-7,13-14,16H2,1H3.